The molecule has 2 rings (SSSR count). The zero-order valence-corrected chi connectivity index (χ0v) is 10.1. The minimum absolute atomic E-state index is 0.109. The van der Waals surface area contributed by atoms with Crippen LogP contribution in [0.1, 0.15) is 36.6 Å². The maximum Gasteiger partial charge on any atom is 0.0777 e. The average molecular weight is 243 g/mol. The Balaban J connectivity index is 2.24. The van der Waals surface area contributed by atoms with E-state index >= 15 is 0 Å². The van der Waals surface area contributed by atoms with Crippen LogP contribution in [0.4, 0.5) is 0 Å². The van der Waals surface area contributed by atoms with E-state index in [4.69, 9.17) is 17.4 Å². The normalized spacial score (nSPS) is 18.7. The van der Waals surface area contributed by atoms with E-state index in [1.165, 1.54) is 18.4 Å². The van der Waals surface area contributed by atoms with Gasteiger partial charge in [0, 0.05) is 4.88 Å². The van der Waals surface area contributed by atoms with Crippen LogP contribution in [0.5, 0.6) is 0 Å². The predicted molar refractivity (Wildman–Crippen MR) is 65.9 cm³/mol. The molecule has 1 aromatic rings. The maximum atomic E-state index is 6.12. The van der Waals surface area contributed by atoms with Crippen LogP contribution in [0, 0.1) is 0 Å². The van der Waals surface area contributed by atoms with Gasteiger partial charge < -0.3 is 0 Å². The molecule has 0 aliphatic heterocycles. The number of hydrogen-bond donors (Lipinski definition) is 2. The molecule has 0 amide bonds. The van der Waals surface area contributed by atoms with E-state index in [-0.39, 0.29) is 6.04 Å². The summed E-state index contributed by atoms with van der Waals surface area (Å²) in [6, 6.07) is 2.03. The summed E-state index contributed by atoms with van der Waals surface area (Å²) in [6.07, 6.45) is 7.13. The molecule has 1 heterocycles. The molecule has 1 aliphatic carbocycles. The first kappa shape index (κ1) is 11.1. The molecule has 3 N–H and O–H groups in total. The Morgan fingerprint density at radius 1 is 1.47 bits per heavy atom. The van der Waals surface area contributed by atoms with Crippen LogP contribution in [-0.2, 0) is 0 Å². The second-order valence-corrected chi connectivity index (χ2v) is 5.11. The molecule has 1 aromatic heterocycles. The van der Waals surface area contributed by atoms with Crippen LogP contribution in [0.25, 0.3) is 0 Å². The van der Waals surface area contributed by atoms with Crippen molar-refractivity contribution in [1.29, 1.82) is 0 Å². The van der Waals surface area contributed by atoms with Crippen LogP contribution in [-0.4, -0.2) is 0 Å². The summed E-state index contributed by atoms with van der Waals surface area (Å²) in [6.45, 7) is 0. The first-order valence-corrected chi connectivity index (χ1v) is 6.46. The highest BCUT2D eigenvalue weighted by atomic mass is 35.5. The number of allylic oxidation sites excluding steroid dienone is 1. The number of thiophene rings is 1. The third-order valence-electron chi connectivity index (χ3n) is 2.77. The summed E-state index contributed by atoms with van der Waals surface area (Å²) in [5.74, 6) is 5.62. The molecule has 1 atom stereocenters. The lowest BCUT2D eigenvalue weighted by molar-refractivity contribution is 0.572. The Bertz CT molecular complexity index is 359. The van der Waals surface area contributed by atoms with Crippen LogP contribution >= 0.6 is 22.9 Å². The average Bonchev–Trinajstić information content (AvgIpc) is 2.68. The van der Waals surface area contributed by atoms with E-state index in [0.29, 0.717) is 0 Å². The summed E-state index contributed by atoms with van der Waals surface area (Å²) < 4.78 is 0. The van der Waals surface area contributed by atoms with Crippen LogP contribution < -0.4 is 11.3 Å². The van der Waals surface area contributed by atoms with Gasteiger partial charge in [0.1, 0.15) is 0 Å². The molecule has 0 spiro atoms. The van der Waals surface area contributed by atoms with E-state index in [0.717, 1.165) is 22.7 Å². The lowest BCUT2D eigenvalue weighted by Gasteiger charge is -2.22. The van der Waals surface area contributed by atoms with E-state index in [1.807, 2.05) is 11.4 Å². The van der Waals surface area contributed by atoms with Gasteiger partial charge >= 0.3 is 0 Å². The highest BCUT2D eigenvalue weighted by Gasteiger charge is 2.20. The summed E-state index contributed by atoms with van der Waals surface area (Å²) in [5, 5.41) is 2.82. The molecule has 82 valence electrons. The van der Waals surface area contributed by atoms with Gasteiger partial charge in [0.2, 0.25) is 0 Å². The molecule has 15 heavy (non-hydrogen) atoms. The van der Waals surface area contributed by atoms with Gasteiger partial charge in [0.25, 0.3) is 0 Å². The lowest BCUT2D eigenvalue weighted by Crippen LogP contribution is -2.29. The number of hydrogen-bond acceptors (Lipinski definition) is 3. The monoisotopic (exact) mass is 242 g/mol. The fourth-order valence-electron chi connectivity index (χ4n) is 1.99. The molecule has 0 bridgehead atoms. The quantitative estimate of drug-likeness (QED) is 0.484. The molecule has 0 radical (unpaired) electrons. The second kappa shape index (κ2) is 5.12. The van der Waals surface area contributed by atoms with Crippen molar-refractivity contribution in [3.05, 3.63) is 33.0 Å². The Kier molecular flexibility index (Phi) is 3.81. The van der Waals surface area contributed by atoms with E-state index in [1.54, 1.807) is 11.3 Å². The minimum Gasteiger partial charge on any atom is -0.271 e. The Labute approximate surface area is 99.1 Å². The third kappa shape index (κ3) is 2.42. The smallest absolute Gasteiger partial charge is 0.0777 e. The van der Waals surface area contributed by atoms with Gasteiger partial charge in [-0.05, 0) is 37.1 Å². The van der Waals surface area contributed by atoms with E-state index in [9.17, 15) is 0 Å². The molecule has 0 saturated heterocycles. The largest absolute Gasteiger partial charge is 0.271 e. The number of nitrogens with one attached hydrogen (secondary N) is 1. The summed E-state index contributed by atoms with van der Waals surface area (Å²) in [4.78, 5) is 1.13. The van der Waals surface area contributed by atoms with Crippen molar-refractivity contribution in [2.24, 2.45) is 5.84 Å². The highest BCUT2D eigenvalue weighted by molar-refractivity contribution is 7.10. The number of halogens is 1. The van der Waals surface area contributed by atoms with Gasteiger partial charge in [-0.3, -0.25) is 5.84 Å². The van der Waals surface area contributed by atoms with Crippen molar-refractivity contribution in [3.63, 3.8) is 0 Å². The predicted octanol–water partition coefficient (Wildman–Crippen LogP) is 3.41. The Morgan fingerprint density at radius 2 is 2.33 bits per heavy atom. The lowest BCUT2D eigenvalue weighted by atomic mass is 9.93. The van der Waals surface area contributed by atoms with Gasteiger partial charge in [-0.2, -0.15) is 0 Å². The van der Waals surface area contributed by atoms with Crippen LogP contribution in [0.3, 0.4) is 0 Å². The SMILES string of the molecule is NNC(C1=CCCCC1)c1sccc1Cl. The summed E-state index contributed by atoms with van der Waals surface area (Å²) >= 11 is 7.78. The first-order valence-electron chi connectivity index (χ1n) is 5.21. The van der Waals surface area contributed by atoms with Crippen molar-refractivity contribution in [2.75, 3.05) is 0 Å². The molecule has 4 heteroatoms. The first-order chi connectivity index (χ1) is 7.33. The molecule has 2 nitrogen and oxygen atoms in total. The van der Waals surface area contributed by atoms with Crippen LogP contribution in [0.15, 0.2) is 23.1 Å². The number of hydrazine groups is 1. The van der Waals surface area contributed by atoms with Crippen molar-refractivity contribution < 1.29 is 0 Å². The Hall–Kier alpha value is -0.350. The molecule has 0 saturated carbocycles. The Morgan fingerprint density at radius 3 is 2.87 bits per heavy atom. The van der Waals surface area contributed by atoms with E-state index in [2.05, 4.69) is 11.5 Å². The van der Waals surface area contributed by atoms with Gasteiger partial charge in [-0.25, -0.2) is 5.43 Å². The molecule has 1 aliphatic rings. The standard InChI is InChI=1S/C11H15ClN2S/c12-9-6-7-15-11(9)10(14-13)8-4-2-1-3-5-8/h4,6-7,10,14H,1-3,5,13H2. The highest BCUT2D eigenvalue weighted by Crippen LogP contribution is 2.35. The van der Waals surface area contributed by atoms with Gasteiger partial charge in [-0.15, -0.1) is 11.3 Å². The fourth-order valence-corrected chi connectivity index (χ4v) is 3.25. The van der Waals surface area contributed by atoms with E-state index < -0.39 is 0 Å². The zero-order valence-electron chi connectivity index (χ0n) is 8.50. The summed E-state index contributed by atoms with van der Waals surface area (Å²) in [5.41, 5.74) is 4.26. The maximum absolute atomic E-state index is 6.12. The number of nitrogens with two attached hydrogens (primary N) is 1. The van der Waals surface area contributed by atoms with Gasteiger partial charge in [0.15, 0.2) is 0 Å². The van der Waals surface area contributed by atoms with Crippen LogP contribution in [0.2, 0.25) is 5.02 Å². The molecular weight excluding hydrogens is 228 g/mol. The zero-order chi connectivity index (χ0) is 10.7. The fraction of sp³-hybridized carbons (Fsp3) is 0.455. The topological polar surface area (TPSA) is 38.0 Å². The van der Waals surface area contributed by atoms with Gasteiger partial charge in [0.05, 0.1) is 11.1 Å². The third-order valence-corrected chi connectivity index (χ3v) is 4.19. The molecular formula is C11H15ClN2S. The summed E-state index contributed by atoms with van der Waals surface area (Å²) in [7, 11) is 0. The molecule has 0 aromatic carbocycles. The van der Waals surface area contributed by atoms with Gasteiger partial charge in [-0.1, -0.05) is 23.3 Å². The van der Waals surface area contributed by atoms with Crippen molar-refractivity contribution in [2.45, 2.75) is 31.7 Å². The van der Waals surface area contributed by atoms with Crippen molar-refractivity contribution in [1.82, 2.24) is 5.43 Å². The van der Waals surface area contributed by atoms with Crippen molar-refractivity contribution in [3.8, 4) is 0 Å². The molecule has 0 fully saturated rings. The minimum atomic E-state index is 0.109. The van der Waals surface area contributed by atoms with Crippen molar-refractivity contribution >= 4 is 22.9 Å². The second-order valence-electron chi connectivity index (χ2n) is 3.76. The molecule has 1 unspecified atom stereocenters. The number of rotatable bonds is 3.